The van der Waals surface area contributed by atoms with Crippen LogP contribution in [-0.2, 0) is 11.0 Å². The van der Waals surface area contributed by atoms with Crippen molar-refractivity contribution in [3.8, 4) is 11.5 Å². The number of urea groups is 1. The second kappa shape index (κ2) is 15.5. The van der Waals surface area contributed by atoms with Crippen LogP contribution in [-0.4, -0.2) is 96.0 Å². The Balaban J connectivity index is 0.869. The van der Waals surface area contributed by atoms with Crippen LogP contribution in [0.5, 0.6) is 11.5 Å². The van der Waals surface area contributed by atoms with E-state index in [4.69, 9.17) is 14.6 Å². The fourth-order valence-corrected chi connectivity index (χ4v) is 8.22. The molecule has 5 aromatic rings. The number of imide groups is 1. The normalized spacial score (nSPS) is 19.5. The highest BCUT2D eigenvalue weighted by Gasteiger charge is 2.33. The number of ether oxygens (including phenoxy) is 2. The average molecular weight is 786 g/mol. The molecule has 0 atom stereocenters. The van der Waals surface area contributed by atoms with Crippen molar-refractivity contribution in [3.05, 3.63) is 72.4 Å². The zero-order chi connectivity index (χ0) is 39.8. The zero-order valence-electron chi connectivity index (χ0n) is 31.5. The van der Waals surface area contributed by atoms with E-state index < -0.39 is 23.8 Å². The summed E-state index contributed by atoms with van der Waals surface area (Å²) in [5.41, 5.74) is 1.12. The monoisotopic (exact) mass is 785 g/mol. The molecule has 0 unspecified atom stereocenters. The van der Waals surface area contributed by atoms with Crippen molar-refractivity contribution in [2.45, 2.75) is 44.3 Å². The van der Waals surface area contributed by atoms with Crippen LogP contribution in [0, 0.1) is 5.92 Å². The molecule has 0 bridgehead atoms. The minimum Gasteiger partial charge on any atom is -0.494 e. The van der Waals surface area contributed by atoms with Crippen LogP contribution in [0.3, 0.4) is 0 Å². The lowest BCUT2D eigenvalue weighted by Crippen LogP contribution is -2.49. The number of fused-ring (bicyclic) bond motifs is 2. The number of nitrogens with one attached hydrogen (secondary N) is 2. The van der Waals surface area contributed by atoms with Crippen molar-refractivity contribution in [1.82, 2.24) is 30.0 Å². The molecule has 298 valence electrons. The number of hydrogen-bond donors (Lipinski definition) is 2. The minimum atomic E-state index is -4.67. The molecule has 17 heteroatoms. The van der Waals surface area contributed by atoms with Gasteiger partial charge >= 0.3 is 12.2 Å². The van der Waals surface area contributed by atoms with Crippen LogP contribution in [0.4, 0.5) is 35.0 Å². The Morgan fingerprint density at radius 2 is 1.72 bits per heavy atom. The molecular weight excluding hydrogens is 743 g/mol. The topological polar surface area (TPSA) is 147 Å². The lowest BCUT2D eigenvalue weighted by Gasteiger charge is -2.39. The van der Waals surface area contributed by atoms with E-state index in [2.05, 4.69) is 30.4 Å². The lowest BCUT2D eigenvalue weighted by molar-refractivity contribution is -0.141. The first-order valence-corrected chi connectivity index (χ1v) is 18.9. The number of hydrogen-bond acceptors (Lipinski definition) is 10. The first kappa shape index (κ1) is 37.9. The SMILES string of the molecule is COc1cc2nn(C3CCC(CN4CCN(c5ccc6c(N7CCC(=O)NC7=O)cncc6c5OC)CC4)CC3)cc2cc1NC(=O)c1cccc(C(F)(F)F)n1. The average Bonchev–Trinajstić information content (AvgIpc) is 3.63. The molecule has 2 N–H and O–H groups in total. The van der Waals surface area contributed by atoms with Gasteiger partial charge in [0, 0.05) is 80.3 Å². The molecule has 8 rings (SSSR count). The standard InChI is InChI=1S/C40H42F3N9O5/c1-56-34-19-30-25(18-31(34)46-38(54)29-4-3-5-35(45-29)40(41,42)43)23-52(48-30)26-8-6-24(7-9-26)22-49-14-16-50(17-15-49)32-11-10-27-28(37(32)57-2)20-44-21-33(27)51-13-12-36(53)47-39(51)55/h3-5,10-11,18-21,23-24,26H,6-9,12-17,22H2,1-2H3,(H,46,54)(H,47,53,55). The Bertz CT molecular complexity index is 2340. The van der Waals surface area contributed by atoms with E-state index in [-0.39, 0.29) is 30.6 Å². The molecule has 2 aliphatic heterocycles. The van der Waals surface area contributed by atoms with Gasteiger partial charge in [-0.1, -0.05) is 6.07 Å². The molecule has 14 nitrogen and oxygen atoms in total. The highest BCUT2D eigenvalue weighted by molar-refractivity contribution is 6.11. The molecule has 3 aromatic heterocycles. The number of benzene rings is 2. The number of alkyl halides is 3. The number of rotatable bonds is 9. The second-order valence-electron chi connectivity index (χ2n) is 14.7. The lowest BCUT2D eigenvalue weighted by atomic mass is 9.85. The van der Waals surface area contributed by atoms with Crippen LogP contribution in [0.1, 0.15) is 54.3 Å². The summed E-state index contributed by atoms with van der Waals surface area (Å²) >= 11 is 0. The zero-order valence-corrected chi connectivity index (χ0v) is 31.5. The summed E-state index contributed by atoms with van der Waals surface area (Å²) in [7, 11) is 3.10. The highest BCUT2D eigenvalue weighted by Crippen LogP contribution is 2.41. The minimum absolute atomic E-state index is 0.214. The van der Waals surface area contributed by atoms with Crippen molar-refractivity contribution in [2.24, 2.45) is 5.92 Å². The number of aromatic nitrogens is 4. The number of anilines is 3. The first-order valence-electron chi connectivity index (χ1n) is 18.9. The highest BCUT2D eigenvalue weighted by atomic mass is 19.4. The van der Waals surface area contributed by atoms with Crippen LogP contribution < -0.4 is 29.9 Å². The van der Waals surface area contributed by atoms with E-state index in [1.54, 1.807) is 36.5 Å². The summed E-state index contributed by atoms with van der Waals surface area (Å²) in [4.78, 5) is 51.6. The van der Waals surface area contributed by atoms with Gasteiger partial charge in [-0.05, 0) is 61.9 Å². The third kappa shape index (κ3) is 7.75. The van der Waals surface area contributed by atoms with Crippen molar-refractivity contribution >= 4 is 56.6 Å². The number of methoxy groups -OCH3 is 2. The van der Waals surface area contributed by atoms with Crippen LogP contribution in [0.2, 0.25) is 0 Å². The number of nitrogens with zero attached hydrogens (tertiary/aromatic N) is 7. The molecule has 4 amide bonds. The molecule has 0 spiro atoms. The number of pyridine rings is 2. The summed E-state index contributed by atoms with van der Waals surface area (Å²) in [6, 6.07) is 10.4. The fourth-order valence-electron chi connectivity index (χ4n) is 8.22. The van der Waals surface area contributed by atoms with E-state index in [1.165, 1.54) is 13.2 Å². The molecule has 1 aliphatic carbocycles. The maximum atomic E-state index is 13.2. The molecule has 2 saturated heterocycles. The van der Waals surface area contributed by atoms with Gasteiger partial charge in [-0.2, -0.15) is 18.3 Å². The van der Waals surface area contributed by atoms with Gasteiger partial charge in [0.2, 0.25) is 5.91 Å². The molecule has 1 saturated carbocycles. The van der Waals surface area contributed by atoms with Crippen LogP contribution in [0.15, 0.2) is 61.1 Å². The number of amides is 4. The van der Waals surface area contributed by atoms with Crippen LogP contribution >= 0.6 is 0 Å². The number of carbonyl (C=O) groups is 3. The van der Waals surface area contributed by atoms with Gasteiger partial charge in [-0.25, -0.2) is 9.78 Å². The molecule has 57 heavy (non-hydrogen) atoms. The first-order chi connectivity index (χ1) is 27.5. The van der Waals surface area contributed by atoms with E-state index in [0.29, 0.717) is 34.3 Å². The molecule has 3 aliphatic rings. The fraction of sp³-hybridized carbons (Fsp3) is 0.400. The Kier molecular flexibility index (Phi) is 10.3. The molecule has 0 radical (unpaired) electrons. The predicted molar refractivity (Wildman–Crippen MR) is 207 cm³/mol. The van der Waals surface area contributed by atoms with Gasteiger partial charge in [0.05, 0.1) is 49.0 Å². The number of piperazine rings is 1. The van der Waals surface area contributed by atoms with Gasteiger partial charge in [0.25, 0.3) is 5.91 Å². The number of halogens is 3. The Morgan fingerprint density at radius 3 is 2.44 bits per heavy atom. The van der Waals surface area contributed by atoms with E-state index >= 15 is 0 Å². The predicted octanol–water partition coefficient (Wildman–Crippen LogP) is 6.27. The largest absolute Gasteiger partial charge is 0.494 e. The summed E-state index contributed by atoms with van der Waals surface area (Å²) in [6.45, 7) is 4.81. The summed E-state index contributed by atoms with van der Waals surface area (Å²) in [5, 5.41) is 12.3. The van der Waals surface area contributed by atoms with Gasteiger partial charge in [0.1, 0.15) is 17.1 Å². The van der Waals surface area contributed by atoms with Gasteiger partial charge in [-0.15, -0.1) is 0 Å². The van der Waals surface area contributed by atoms with Gasteiger partial charge in [-0.3, -0.25) is 34.4 Å². The van der Waals surface area contributed by atoms with Crippen molar-refractivity contribution in [3.63, 3.8) is 0 Å². The Labute approximate surface area is 325 Å². The maximum absolute atomic E-state index is 13.2. The molecule has 2 aromatic carbocycles. The van der Waals surface area contributed by atoms with Crippen molar-refractivity contribution < 1.29 is 37.0 Å². The van der Waals surface area contributed by atoms with Crippen LogP contribution in [0.25, 0.3) is 21.7 Å². The Hall–Kier alpha value is -5.97. The summed E-state index contributed by atoms with van der Waals surface area (Å²) in [5.74, 6) is 0.541. The quantitative estimate of drug-likeness (QED) is 0.175. The maximum Gasteiger partial charge on any atom is 0.433 e. The van der Waals surface area contributed by atoms with Crippen molar-refractivity contribution in [2.75, 3.05) is 68.6 Å². The van der Waals surface area contributed by atoms with E-state index in [1.807, 2.05) is 23.0 Å². The molecular formula is C40H42F3N9O5. The summed E-state index contributed by atoms with van der Waals surface area (Å²) < 4.78 is 52.9. The van der Waals surface area contributed by atoms with Gasteiger partial charge < -0.3 is 19.7 Å². The number of carbonyl (C=O) groups excluding carboxylic acids is 3. The Morgan fingerprint density at radius 1 is 0.930 bits per heavy atom. The van der Waals surface area contributed by atoms with E-state index in [0.717, 1.165) is 92.4 Å². The third-order valence-electron chi connectivity index (χ3n) is 11.2. The summed E-state index contributed by atoms with van der Waals surface area (Å²) in [6.07, 6.45) is 4.98. The van der Waals surface area contributed by atoms with E-state index in [9.17, 15) is 27.6 Å². The second-order valence-corrected chi connectivity index (χ2v) is 14.7. The molecule has 5 heterocycles. The molecule has 3 fully saturated rings. The van der Waals surface area contributed by atoms with Crippen molar-refractivity contribution in [1.29, 1.82) is 0 Å². The third-order valence-corrected chi connectivity index (χ3v) is 11.2. The van der Waals surface area contributed by atoms with Gasteiger partial charge in [0.15, 0.2) is 5.75 Å². The smallest absolute Gasteiger partial charge is 0.433 e.